The van der Waals surface area contributed by atoms with Gasteiger partial charge in [-0.15, -0.1) is 0 Å². The Kier molecular flexibility index (Phi) is 10.2. The lowest BCUT2D eigenvalue weighted by atomic mass is 9.91. The van der Waals surface area contributed by atoms with E-state index in [1.165, 1.54) is 50.8 Å². The van der Waals surface area contributed by atoms with Gasteiger partial charge in [0.05, 0.1) is 41.8 Å². The van der Waals surface area contributed by atoms with Crippen molar-refractivity contribution >= 4 is 46.2 Å². The summed E-state index contributed by atoms with van der Waals surface area (Å²) in [6, 6.07) is 11.5. The highest BCUT2D eigenvalue weighted by Crippen LogP contribution is 2.41. The SMILES string of the molecule is C=CC(=O)Nc1cc(Nc2cc(N3OCCC3c3ccc(F)c(Cl)c3)ncn2)c(OC)cc1N1CCC(N2CCN(C3CCC3)CC2)CC1. The number of amides is 1. The van der Waals surface area contributed by atoms with Crippen molar-refractivity contribution < 1.29 is 18.8 Å². The predicted octanol–water partition coefficient (Wildman–Crippen LogP) is 6.17. The number of piperazine rings is 1. The van der Waals surface area contributed by atoms with E-state index in [4.69, 9.17) is 21.2 Å². The quantitative estimate of drug-likeness (QED) is 0.241. The van der Waals surface area contributed by atoms with Crippen LogP contribution in [-0.2, 0) is 9.63 Å². The number of piperidine rings is 1. The molecule has 1 atom stereocenters. The monoisotopic (exact) mass is 690 g/mol. The molecule has 49 heavy (non-hydrogen) atoms. The molecule has 1 aromatic heterocycles. The van der Waals surface area contributed by atoms with Gasteiger partial charge in [-0.25, -0.2) is 19.4 Å². The number of aromatic nitrogens is 2. The molecule has 7 rings (SSSR count). The number of nitrogens with one attached hydrogen (secondary N) is 2. The highest BCUT2D eigenvalue weighted by molar-refractivity contribution is 6.30. The van der Waals surface area contributed by atoms with Crippen molar-refractivity contribution in [3.05, 3.63) is 71.8 Å². The van der Waals surface area contributed by atoms with Crippen molar-refractivity contribution in [1.82, 2.24) is 19.8 Å². The van der Waals surface area contributed by atoms with Gasteiger partial charge in [-0.1, -0.05) is 30.7 Å². The van der Waals surface area contributed by atoms with Gasteiger partial charge in [0.2, 0.25) is 5.91 Å². The zero-order valence-electron chi connectivity index (χ0n) is 27.9. The van der Waals surface area contributed by atoms with E-state index in [2.05, 4.69) is 41.9 Å². The molecular weight excluding hydrogens is 647 g/mol. The number of hydroxylamine groups is 1. The van der Waals surface area contributed by atoms with Gasteiger partial charge in [-0.2, -0.15) is 0 Å². The van der Waals surface area contributed by atoms with Crippen LogP contribution in [0.2, 0.25) is 5.02 Å². The van der Waals surface area contributed by atoms with E-state index in [9.17, 15) is 9.18 Å². The number of ether oxygens (including phenoxy) is 1. The molecule has 3 saturated heterocycles. The average Bonchev–Trinajstić information content (AvgIpc) is 3.60. The van der Waals surface area contributed by atoms with Gasteiger partial charge in [0, 0.05) is 69.9 Å². The zero-order valence-corrected chi connectivity index (χ0v) is 28.7. The third-order valence-electron chi connectivity index (χ3n) is 10.4. The second-order valence-electron chi connectivity index (χ2n) is 13.2. The van der Waals surface area contributed by atoms with Crippen molar-refractivity contribution in [2.45, 2.75) is 56.7 Å². The molecule has 4 fully saturated rings. The molecule has 1 amide bonds. The first-order valence-corrected chi connectivity index (χ1v) is 17.6. The smallest absolute Gasteiger partial charge is 0.247 e. The zero-order chi connectivity index (χ0) is 33.9. The molecule has 4 heterocycles. The standard InChI is InChI=1S/C36H44ClFN8O3/c1-3-36(47)42-29-20-30(41-34-22-35(40-23-39-34)46-31(11-18-49-46)24-7-8-28(38)27(37)19-24)33(48-2)21-32(29)45-12-9-26(10-13-45)44-16-14-43(15-17-44)25-5-4-6-25/h3,7-8,19-23,25-26,31H,1,4-6,9-18H2,2H3,(H,42,47)(H,39,40,41). The number of hydrogen-bond donors (Lipinski definition) is 2. The van der Waals surface area contributed by atoms with Crippen molar-refractivity contribution in [1.29, 1.82) is 0 Å². The Morgan fingerprint density at radius 2 is 1.71 bits per heavy atom. The van der Waals surface area contributed by atoms with Gasteiger partial charge >= 0.3 is 0 Å². The number of benzene rings is 2. The Balaban J connectivity index is 1.07. The van der Waals surface area contributed by atoms with E-state index in [1.54, 1.807) is 30.4 Å². The van der Waals surface area contributed by atoms with E-state index in [-0.39, 0.29) is 17.0 Å². The molecule has 2 aromatic carbocycles. The lowest BCUT2D eigenvalue weighted by Gasteiger charge is -2.46. The summed E-state index contributed by atoms with van der Waals surface area (Å²) in [7, 11) is 1.63. The van der Waals surface area contributed by atoms with Gasteiger partial charge in [-0.05, 0) is 55.5 Å². The topological polar surface area (TPSA) is 98.3 Å². The molecule has 0 spiro atoms. The van der Waals surface area contributed by atoms with Gasteiger partial charge in [0.25, 0.3) is 0 Å². The Bertz CT molecular complexity index is 1660. The number of methoxy groups -OCH3 is 1. The third kappa shape index (κ3) is 7.33. The molecule has 0 bridgehead atoms. The fraction of sp³-hybridized carbons (Fsp3) is 0.472. The van der Waals surface area contributed by atoms with E-state index in [0.29, 0.717) is 47.8 Å². The molecule has 0 radical (unpaired) electrons. The van der Waals surface area contributed by atoms with Crippen LogP contribution in [0.3, 0.4) is 0 Å². The molecule has 11 nitrogen and oxygen atoms in total. The molecular formula is C36H44ClFN8O3. The van der Waals surface area contributed by atoms with E-state index >= 15 is 0 Å². The Labute approximate surface area is 292 Å². The van der Waals surface area contributed by atoms with E-state index < -0.39 is 5.82 Å². The average molecular weight is 691 g/mol. The lowest BCUT2D eigenvalue weighted by Crippen LogP contribution is -2.56. The number of rotatable bonds is 10. The van der Waals surface area contributed by atoms with Crippen LogP contribution in [0.5, 0.6) is 5.75 Å². The summed E-state index contributed by atoms with van der Waals surface area (Å²) in [5.74, 6) is 0.881. The maximum atomic E-state index is 13.9. The second kappa shape index (κ2) is 14.9. The number of halogens is 2. The minimum absolute atomic E-state index is 0.0613. The summed E-state index contributed by atoms with van der Waals surface area (Å²) in [4.78, 5) is 35.1. The molecule has 1 saturated carbocycles. The van der Waals surface area contributed by atoms with Crippen LogP contribution >= 0.6 is 11.6 Å². The summed E-state index contributed by atoms with van der Waals surface area (Å²) >= 11 is 6.08. The van der Waals surface area contributed by atoms with Gasteiger partial charge in [0.15, 0.2) is 5.82 Å². The molecule has 260 valence electrons. The molecule has 1 unspecified atom stereocenters. The summed E-state index contributed by atoms with van der Waals surface area (Å²) in [5.41, 5.74) is 3.01. The number of hydrogen-bond acceptors (Lipinski definition) is 10. The Morgan fingerprint density at radius 3 is 2.37 bits per heavy atom. The van der Waals surface area contributed by atoms with Crippen LogP contribution in [0.4, 0.5) is 33.1 Å². The first-order chi connectivity index (χ1) is 23.9. The molecule has 13 heteroatoms. The van der Waals surface area contributed by atoms with Crippen molar-refractivity contribution in [2.24, 2.45) is 0 Å². The van der Waals surface area contributed by atoms with Gasteiger partial charge in [-0.3, -0.25) is 19.4 Å². The normalized spacial score (nSPS) is 21.0. The van der Waals surface area contributed by atoms with Crippen molar-refractivity contribution in [3.8, 4) is 5.75 Å². The van der Waals surface area contributed by atoms with Crippen LogP contribution in [0.1, 0.15) is 50.1 Å². The minimum Gasteiger partial charge on any atom is -0.494 e. The van der Waals surface area contributed by atoms with E-state index in [0.717, 1.165) is 56.3 Å². The summed E-state index contributed by atoms with van der Waals surface area (Å²) < 4.78 is 19.7. The van der Waals surface area contributed by atoms with Crippen molar-refractivity contribution in [3.63, 3.8) is 0 Å². The van der Waals surface area contributed by atoms with Crippen molar-refractivity contribution in [2.75, 3.05) is 73.6 Å². The Morgan fingerprint density at radius 1 is 0.980 bits per heavy atom. The van der Waals surface area contributed by atoms with Gasteiger partial charge in [0.1, 0.15) is 23.7 Å². The Hall–Kier alpha value is -3.97. The number of nitrogens with zero attached hydrogens (tertiary/aromatic N) is 6. The molecule has 3 aliphatic heterocycles. The number of anilines is 5. The molecule has 4 aliphatic rings. The fourth-order valence-electron chi connectivity index (χ4n) is 7.46. The second-order valence-corrected chi connectivity index (χ2v) is 13.6. The molecule has 3 aromatic rings. The maximum Gasteiger partial charge on any atom is 0.247 e. The third-order valence-corrected chi connectivity index (χ3v) is 10.7. The highest BCUT2D eigenvalue weighted by Gasteiger charge is 2.33. The van der Waals surface area contributed by atoms with E-state index in [1.807, 2.05) is 12.1 Å². The summed E-state index contributed by atoms with van der Waals surface area (Å²) in [6.45, 7) is 10.5. The highest BCUT2D eigenvalue weighted by atomic mass is 35.5. The van der Waals surface area contributed by atoms with Crippen LogP contribution in [0.25, 0.3) is 0 Å². The first kappa shape index (κ1) is 33.5. The summed E-state index contributed by atoms with van der Waals surface area (Å²) in [5, 5.41) is 8.13. The fourth-order valence-corrected chi connectivity index (χ4v) is 7.65. The summed E-state index contributed by atoms with van der Waals surface area (Å²) in [6.07, 6.45) is 9.65. The van der Waals surface area contributed by atoms with Crippen LogP contribution in [0.15, 0.2) is 55.4 Å². The van der Waals surface area contributed by atoms with Crippen LogP contribution in [0, 0.1) is 5.82 Å². The largest absolute Gasteiger partial charge is 0.494 e. The van der Waals surface area contributed by atoms with Gasteiger partial charge < -0.3 is 20.3 Å². The minimum atomic E-state index is -0.467. The number of carbonyl (C=O) groups excluding carboxylic acids is 1. The predicted molar refractivity (Wildman–Crippen MR) is 190 cm³/mol. The molecule has 2 N–H and O–H groups in total. The first-order valence-electron chi connectivity index (χ1n) is 17.2. The maximum absolute atomic E-state index is 13.9. The molecule has 1 aliphatic carbocycles. The van der Waals surface area contributed by atoms with Crippen LogP contribution < -0.4 is 25.3 Å². The number of carbonyl (C=O) groups is 1. The lowest BCUT2D eigenvalue weighted by molar-refractivity contribution is -0.111. The van der Waals surface area contributed by atoms with Crippen LogP contribution in [-0.4, -0.2) is 90.7 Å².